The van der Waals surface area contributed by atoms with Crippen LogP contribution in [-0.2, 0) is 4.74 Å². The summed E-state index contributed by atoms with van der Waals surface area (Å²) < 4.78 is 10.7. The molecule has 0 fully saturated rings. The number of rotatable bonds is 10. The fraction of sp³-hybridized carbons (Fsp3) is 0.500. The van der Waals surface area contributed by atoms with Crippen LogP contribution in [0.1, 0.15) is 52.7 Å². The zero-order valence-electron chi connectivity index (χ0n) is 18.8. The number of benzene rings is 1. The zero-order chi connectivity index (χ0) is 22.8. The molecule has 0 spiro atoms. The molecular weight excluding hydrogens is 416 g/mol. The zero-order valence-corrected chi connectivity index (χ0v) is 19.6. The molecular formula is C22H32N4O4S. The van der Waals surface area contributed by atoms with Crippen LogP contribution in [0.2, 0.25) is 0 Å². The van der Waals surface area contributed by atoms with Crippen LogP contribution in [0.25, 0.3) is 0 Å². The molecule has 0 aliphatic carbocycles. The van der Waals surface area contributed by atoms with Crippen LogP contribution in [0.5, 0.6) is 5.75 Å². The fourth-order valence-corrected chi connectivity index (χ4v) is 3.69. The molecule has 3 N–H and O–H groups in total. The summed E-state index contributed by atoms with van der Waals surface area (Å²) in [7, 11) is 0. The van der Waals surface area contributed by atoms with E-state index in [0.29, 0.717) is 29.7 Å². The SMILES string of the molecule is CCNC(=NCC(O)COc1cccc(C)c1)NC(C)c1nc(C)c(C(=O)OCC)s1. The highest BCUT2D eigenvalue weighted by Crippen LogP contribution is 2.24. The van der Waals surface area contributed by atoms with Crippen molar-refractivity contribution in [3.8, 4) is 5.75 Å². The third kappa shape index (κ3) is 7.84. The van der Waals surface area contributed by atoms with Crippen molar-refractivity contribution in [3.63, 3.8) is 0 Å². The van der Waals surface area contributed by atoms with Gasteiger partial charge >= 0.3 is 5.97 Å². The van der Waals surface area contributed by atoms with Crippen LogP contribution in [-0.4, -0.2) is 54.4 Å². The minimum absolute atomic E-state index is 0.149. The lowest BCUT2D eigenvalue weighted by atomic mass is 10.2. The molecule has 0 aliphatic heterocycles. The highest BCUT2D eigenvalue weighted by Gasteiger charge is 2.20. The van der Waals surface area contributed by atoms with E-state index in [0.717, 1.165) is 16.3 Å². The highest BCUT2D eigenvalue weighted by molar-refractivity contribution is 7.13. The van der Waals surface area contributed by atoms with Gasteiger partial charge in [-0.15, -0.1) is 11.3 Å². The van der Waals surface area contributed by atoms with Crippen molar-refractivity contribution in [2.45, 2.75) is 46.8 Å². The lowest BCUT2D eigenvalue weighted by Gasteiger charge is -2.17. The average Bonchev–Trinajstić information content (AvgIpc) is 3.13. The molecule has 0 saturated carbocycles. The number of aliphatic hydroxyl groups is 1. The van der Waals surface area contributed by atoms with Crippen molar-refractivity contribution in [3.05, 3.63) is 45.4 Å². The first kappa shape index (κ1) is 24.6. The number of hydrogen-bond acceptors (Lipinski definition) is 7. The summed E-state index contributed by atoms with van der Waals surface area (Å²) in [6.45, 7) is 10.8. The van der Waals surface area contributed by atoms with E-state index in [2.05, 4.69) is 20.6 Å². The van der Waals surface area contributed by atoms with E-state index in [1.165, 1.54) is 11.3 Å². The first-order chi connectivity index (χ1) is 14.8. The van der Waals surface area contributed by atoms with Crippen molar-refractivity contribution < 1.29 is 19.4 Å². The molecule has 1 aromatic heterocycles. The van der Waals surface area contributed by atoms with Crippen LogP contribution in [0, 0.1) is 13.8 Å². The Morgan fingerprint density at radius 2 is 2.10 bits per heavy atom. The number of hydrogen-bond donors (Lipinski definition) is 3. The van der Waals surface area contributed by atoms with Gasteiger partial charge in [-0.05, 0) is 52.3 Å². The second kappa shape index (κ2) is 12.3. The summed E-state index contributed by atoms with van der Waals surface area (Å²) in [5.74, 6) is 0.918. The van der Waals surface area contributed by atoms with Gasteiger partial charge in [0.1, 0.15) is 28.3 Å². The van der Waals surface area contributed by atoms with Crippen LogP contribution >= 0.6 is 11.3 Å². The quantitative estimate of drug-likeness (QED) is 0.291. The van der Waals surface area contributed by atoms with Crippen molar-refractivity contribution in [2.75, 3.05) is 26.3 Å². The van der Waals surface area contributed by atoms with Crippen LogP contribution in [0.3, 0.4) is 0 Å². The molecule has 1 heterocycles. The Bertz CT molecular complexity index is 884. The van der Waals surface area contributed by atoms with Crippen LogP contribution in [0.15, 0.2) is 29.3 Å². The highest BCUT2D eigenvalue weighted by atomic mass is 32.1. The van der Waals surface area contributed by atoms with E-state index < -0.39 is 6.10 Å². The van der Waals surface area contributed by atoms with Gasteiger partial charge in [-0.25, -0.2) is 9.78 Å². The van der Waals surface area contributed by atoms with E-state index in [1.54, 1.807) is 13.8 Å². The number of guanidine groups is 1. The second-order valence-corrected chi connectivity index (χ2v) is 8.08. The number of aliphatic hydroxyl groups excluding tert-OH is 1. The number of carbonyl (C=O) groups excluding carboxylic acids is 1. The molecule has 0 saturated heterocycles. The number of aryl methyl sites for hydroxylation is 2. The van der Waals surface area contributed by atoms with Gasteiger partial charge in [0.2, 0.25) is 0 Å². The number of ether oxygens (including phenoxy) is 2. The van der Waals surface area contributed by atoms with E-state index in [-0.39, 0.29) is 25.2 Å². The monoisotopic (exact) mass is 448 g/mol. The Morgan fingerprint density at radius 1 is 1.32 bits per heavy atom. The summed E-state index contributed by atoms with van der Waals surface area (Å²) in [6, 6.07) is 7.51. The molecule has 0 amide bonds. The molecule has 2 rings (SSSR count). The summed E-state index contributed by atoms with van der Waals surface area (Å²) >= 11 is 1.31. The lowest BCUT2D eigenvalue weighted by Crippen LogP contribution is -2.39. The largest absolute Gasteiger partial charge is 0.491 e. The topological polar surface area (TPSA) is 105 Å². The Kier molecular flexibility index (Phi) is 9.74. The minimum Gasteiger partial charge on any atom is -0.491 e. The van der Waals surface area contributed by atoms with Crippen molar-refractivity contribution in [1.29, 1.82) is 0 Å². The summed E-state index contributed by atoms with van der Waals surface area (Å²) in [4.78, 5) is 21.5. The van der Waals surface area contributed by atoms with Crippen molar-refractivity contribution in [1.82, 2.24) is 15.6 Å². The molecule has 9 heteroatoms. The predicted molar refractivity (Wildman–Crippen MR) is 123 cm³/mol. The molecule has 0 bridgehead atoms. The number of nitrogens with one attached hydrogen (secondary N) is 2. The molecule has 2 atom stereocenters. The molecule has 170 valence electrons. The normalized spacial score (nSPS) is 13.4. The van der Waals surface area contributed by atoms with Gasteiger partial charge in [0.25, 0.3) is 0 Å². The third-order valence-corrected chi connectivity index (χ3v) is 5.55. The van der Waals surface area contributed by atoms with Crippen molar-refractivity contribution >= 4 is 23.3 Å². The predicted octanol–water partition coefficient (Wildman–Crippen LogP) is 2.99. The van der Waals surface area contributed by atoms with Gasteiger partial charge in [0.15, 0.2) is 5.96 Å². The van der Waals surface area contributed by atoms with E-state index >= 15 is 0 Å². The Balaban J connectivity index is 1.95. The minimum atomic E-state index is -0.746. The molecule has 0 radical (unpaired) electrons. The van der Waals surface area contributed by atoms with Gasteiger partial charge in [-0.2, -0.15) is 0 Å². The smallest absolute Gasteiger partial charge is 0.350 e. The van der Waals surface area contributed by atoms with E-state index in [9.17, 15) is 9.90 Å². The average molecular weight is 449 g/mol. The first-order valence-corrected chi connectivity index (χ1v) is 11.2. The Hall–Kier alpha value is -2.65. The first-order valence-electron chi connectivity index (χ1n) is 10.4. The molecule has 2 unspecified atom stereocenters. The molecule has 1 aromatic carbocycles. The van der Waals surface area contributed by atoms with Gasteiger partial charge in [0, 0.05) is 6.54 Å². The number of aliphatic imine (C=N–C) groups is 1. The lowest BCUT2D eigenvalue weighted by molar-refractivity contribution is 0.0531. The number of esters is 1. The summed E-state index contributed by atoms with van der Waals surface area (Å²) in [6.07, 6.45) is -0.746. The third-order valence-electron chi connectivity index (χ3n) is 4.23. The Labute approximate surface area is 187 Å². The standard InChI is InChI=1S/C22H32N4O4S/c1-6-23-22(24-12-17(27)13-30-18-10-8-9-14(3)11-18)26-16(5)20-25-15(4)19(31-20)21(28)29-7-2/h8-11,16-17,27H,6-7,12-13H2,1-5H3,(H2,23,24,26). The number of carbonyl (C=O) groups is 1. The molecule has 0 aliphatic rings. The van der Waals surface area contributed by atoms with Gasteiger partial charge in [0.05, 0.1) is 24.9 Å². The fourth-order valence-electron chi connectivity index (χ4n) is 2.72. The van der Waals surface area contributed by atoms with Crippen molar-refractivity contribution in [2.24, 2.45) is 4.99 Å². The van der Waals surface area contributed by atoms with E-state index in [1.807, 2.05) is 45.0 Å². The van der Waals surface area contributed by atoms with Crippen LogP contribution < -0.4 is 15.4 Å². The van der Waals surface area contributed by atoms with Crippen LogP contribution in [0.4, 0.5) is 0 Å². The molecule has 8 nitrogen and oxygen atoms in total. The maximum absolute atomic E-state index is 12.0. The Morgan fingerprint density at radius 3 is 2.77 bits per heavy atom. The number of aromatic nitrogens is 1. The van der Waals surface area contributed by atoms with Gasteiger partial charge in [-0.1, -0.05) is 12.1 Å². The maximum atomic E-state index is 12.0. The second-order valence-electron chi connectivity index (χ2n) is 7.05. The maximum Gasteiger partial charge on any atom is 0.350 e. The molecule has 31 heavy (non-hydrogen) atoms. The van der Waals surface area contributed by atoms with Gasteiger partial charge in [-0.3, -0.25) is 4.99 Å². The number of thiazole rings is 1. The molecule has 2 aromatic rings. The van der Waals surface area contributed by atoms with E-state index in [4.69, 9.17) is 9.47 Å². The summed E-state index contributed by atoms with van der Waals surface area (Å²) in [5.41, 5.74) is 1.75. The number of nitrogens with zero attached hydrogens (tertiary/aromatic N) is 2. The summed E-state index contributed by atoms with van der Waals surface area (Å²) in [5, 5.41) is 17.4. The van der Waals surface area contributed by atoms with Gasteiger partial charge < -0.3 is 25.2 Å².